The summed E-state index contributed by atoms with van der Waals surface area (Å²) < 4.78 is 4.56. The van der Waals surface area contributed by atoms with Gasteiger partial charge in [-0.25, -0.2) is 14.8 Å². The molecule has 2 heterocycles. The van der Waals surface area contributed by atoms with Crippen LogP contribution in [0.2, 0.25) is 5.02 Å². The van der Waals surface area contributed by atoms with Gasteiger partial charge in [-0.05, 0) is 24.3 Å². The Kier molecular flexibility index (Phi) is 3.83. The Morgan fingerprint density at radius 3 is 3.00 bits per heavy atom. The molecule has 114 valence electrons. The Bertz CT molecular complexity index is 945. The summed E-state index contributed by atoms with van der Waals surface area (Å²) in [7, 11) is 1.28. The van der Waals surface area contributed by atoms with Crippen LogP contribution >= 0.6 is 11.6 Å². The van der Waals surface area contributed by atoms with E-state index < -0.39 is 6.09 Å². The maximum Gasteiger partial charge on any atom is 0.411 e. The number of ether oxygens (including phenoxy) is 1. The zero-order chi connectivity index (χ0) is 16.4. The number of hydrogen-bond donors (Lipinski definition) is 2. The molecule has 1 amide bonds. The quantitative estimate of drug-likeness (QED) is 0.751. The van der Waals surface area contributed by atoms with Gasteiger partial charge in [0.15, 0.2) is 5.65 Å². The summed E-state index contributed by atoms with van der Waals surface area (Å²) in [6, 6.07) is 8.64. The first-order valence-electron chi connectivity index (χ1n) is 6.51. The molecular formula is C15H10ClN5O2. The van der Waals surface area contributed by atoms with Gasteiger partial charge in [0.2, 0.25) is 0 Å². The van der Waals surface area contributed by atoms with Crippen LogP contribution in [0.4, 0.5) is 10.5 Å². The third-order valence-corrected chi connectivity index (χ3v) is 3.45. The van der Waals surface area contributed by atoms with Crippen molar-refractivity contribution in [3.05, 3.63) is 41.0 Å². The van der Waals surface area contributed by atoms with E-state index in [1.165, 1.54) is 13.3 Å². The second kappa shape index (κ2) is 5.94. The lowest BCUT2D eigenvalue weighted by molar-refractivity contribution is 0.187. The molecule has 8 heteroatoms. The van der Waals surface area contributed by atoms with Gasteiger partial charge in [0, 0.05) is 17.4 Å². The monoisotopic (exact) mass is 327 g/mol. The summed E-state index contributed by atoms with van der Waals surface area (Å²) >= 11 is 6.21. The van der Waals surface area contributed by atoms with Crippen molar-refractivity contribution in [3.8, 4) is 17.5 Å². The molecular weight excluding hydrogens is 318 g/mol. The van der Waals surface area contributed by atoms with E-state index in [1.807, 2.05) is 6.07 Å². The van der Waals surface area contributed by atoms with Crippen LogP contribution in [-0.4, -0.2) is 28.2 Å². The molecule has 3 rings (SSSR count). The van der Waals surface area contributed by atoms with Crippen LogP contribution in [0.25, 0.3) is 22.6 Å². The van der Waals surface area contributed by atoms with E-state index in [0.29, 0.717) is 38.8 Å². The number of nitriles is 1. The lowest BCUT2D eigenvalue weighted by Crippen LogP contribution is -2.10. The normalized spacial score (nSPS) is 10.3. The fourth-order valence-electron chi connectivity index (χ4n) is 2.04. The minimum atomic E-state index is -0.580. The zero-order valence-electron chi connectivity index (χ0n) is 11.9. The number of halogens is 1. The fraction of sp³-hybridized carbons (Fsp3) is 0.0667. The molecule has 0 spiro atoms. The number of pyridine rings is 1. The maximum absolute atomic E-state index is 11.3. The molecule has 0 radical (unpaired) electrons. The van der Waals surface area contributed by atoms with Crippen LogP contribution in [0.3, 0.4) is 0 Å². The number of benzene rings is 1. The van der Waals surface area contributed by atoms with Gasteiger partial charge in [-0.1, -0.05) is 11.6 Å². The number of anilines is 1. The number of carbonyl (C=O) groups excluding carboxylic acids is 1. The van der Waals surface area contributed by atoms with E-state index in [1.54, 1.807) is 24.3 Å². The molecule has 23 heavy (non-hydrogen) atoms. The molecule has 2 aromatic heterocycles. The first kappa shape index (κ1) is 14.8. The number of aromatic nitrogens is 3. The van der Waals surface area contributed by atoms with E-state index in [0.717, 1.165) is 0 Å². The number of fused-ring (bicyclic) bond motifs is 1. The van der Waals surface area contributed by atoms with Crippen molar-refractivity contribution >= 4 is 34.5 Å². The average molecular weight is 328 g/mol. The summed E-state index contributed by atoms with van der Waals surface area (Å²) in [6.45, 7) is 0. The molecule has 0 saturated carbocycles. The zero-order valence-corrected chi connectivity index (χ0v) is 12.7. The smallest absolute Gasteiger partial charge is 0.411 e. The summed E-state index contributed by atoms with van der Waals surface area (Å²) in [6.07, 6.45) is 0.868. The predicted octanol–water partition coefficient (Wildman–Crippen LogP) is 3.33. The van der Waals surface area contributed by atoms with E-state index in [2.05, 4.69) is 25.0 Å². The summed E-state index contributed by atoms with van der Waals surface area (Å²) in [4.78, 5) is 22.8. The molecule has 0 aliphatic carbocycles. The number of nitrogens with one attached hydrogen (secondary N) is 2. The molecule has 0 bridgehead atoms. The highest BCUT2D eigenvalue weighted by Crippen LogP contribution is 2.30. The number of H-pyrrole nitrogens is 1. The van der Waals surface area contributed by atoms with Gasteiger partial charge in [0.25, 0.3) is 0 Å². The fourth-order valence-corrected chi connectivity index (χ4v) is 2.25. The van der Waals surface area contributed by atoms with Crippen molar-refractivity contribution in [2.75, 3.05) is 12.4 Å². The lowest BCUT2D eigenvalue weighted by atomic mass is 10.2. The molecule has 1 aromatic carbocycles. The van der Waals surface area contributed by atoms with Crippen LogP contribution in [-0.2, 0) is 4.74 Å². The highest BCUT2D eigenvalue weighted by Gasteiger charge is 2.12. The van der Waals surface area contributed by atoms with Crippen molar-refractivity contribution < 1.29 is 9.53 Å². The summed E-state index contributed by atoms with van der Waals surface area (Å²) in [5.74, 6) is 0.487. The Labute approximate surface area is 135 Å². The van der Waals surface area contributed by atoms with Crippen LogP contribution in [0, 0.1) is 11.3 Å². The number of imidazole rings is 1. The average Bonchev–Trinajstić information content (AvgIpc) is 2.99. The minimum absolute atomic E-state index is 0.430. The molecule has 0 atom stereocenters. The van der Waals surface area contributed by atoms with Gasteiger partial charge in [0.05, 0.1) is 23.2 Å². The Balaban J connectivity index is 2.05. The number of methoxy groups -OCH3 is 1. The number of aromatic amines is 1. The predicted molar refractivity (Wildman–Crippen MR) is 85.1 cm³/mol. The molecule has 2 N–H and O–H groups in total. The van der Waals surface area contributed by atoms with Gasteiger partial charge in [-0.2, -0.15) is 5.26 Å². The maximum atomic E-state index is 11.3. The van der Waals surface area contributed by atoms with Crippen molar-refractivity contribution in [2.24, 2.45) is 0 Å². The molecule has 0 aliphatic heterocycles. The van der Waals surface area contributed by atoms with Crippen LogP contribution < -0.4 is 5.32 Å². The second-order valence-electron chi connectivity index (χ2n) is 4.60. The van der Waals surface area contributed by atoms with Crippen molar-refractivity contribution in [2.45, 2.75) is 0 Å². The van der Waals surface area contributed by atoms with Gasteiger partial charge in [-0.15, -0.1) is 0 Å². The first-order valence-corrected chi connectivity index (χ1v) is 6.89. The first-order chi connectivity index (χ1) is 11.1. The second-order valence-corrected chi connectivity index (χ2v) is 5.01. The number of rotatable bonds is 2. The van der Waals surface area contributed by atoms with Gasteiger partial charge >= 0.3 is 6.09 Å². The van der Waals surface area contributed by atoms with Crippen LogP contribution in [0.5, 0.6) is 0 Å². The number of amides is 1. The summed E-state index contributed by atoms with van der Waals surface area (Å²) in [5.41, 5.74) is 2.64. The van der Waals surface area contributed by atoms with E-state index >= 15 is 0 Å². The molecule has 3 aromatic rings. The lowest BCUT2D eigenvalue weighted by Gasteiger charge is -2.06. The van der Waals surface area contributed by atoms with Crippen LogP contribution in [0.1, 0.15) is 5.56 Å². The topological polar surface area (TPSA) is 104 Å². The van der Waals surface area contributed by atoms with E-state index in [4.69, 9.17) is 16.9 Å². The van der Waals surface area contributed by atoms with Crippen molar-refractivity contribution in [3.63, 3.8) is 0 Å². The Morgan fingerprint density at radius 2 is 2.26 bits per heavy atom. The van der Waals surface area contributed by atoms with Crippen molar-refractivity contribution in [1.29, 1.82) is 5.26 Å². The molecule has 7 nitrogen and oxygen atoms in total. The third kappa shape index (κ3) is 2.93. The van der Waals surface area contributed by atoms with E-state index in [9.17, 15) is 4.79 Å². The molecule has 0 saturated heterocycles. The molecule has 0 aliphatic rings. The minimum Gasteiger partial charge on any atom is -0.453 e. The largest absolute Gasteiger partial charge is 0.453 e. The highest BCUT2D eigenvalue weighted by molar-refractivity contribution is 6.33. The SMILES string of the molecule is COC(=O)Nc1ccc(Cl)c(-c2nc3ncc(C#N)cc3[nH]2)c1. The molecule has 0 unspecified atom stereocenters. The number of carbonyl (C=O) groups is 1. The third-order valence-electron chi connectivity index (χ3n) is 3.12. The summed E-state index contributed by atoms with van der Waals surface area (Å²) in [5, 5.41) is 11.9. The Hall–Kier alpha value is -3.11. The number of nitrogens with zero attached hydrogens (tertiary/aromatic N) is 3. The standard InChI is InChI=1S/C15H10ClN5O2/c1-23-15(22)19-9-2-3-11(16)10(5-9)13-20-12-4-8(6-17)7-18-14(12)21-13/h2-5,7H,1H3,(H,19,22)(H,18,20,21). The Morgan fingerprint density at radius 1 is 1.43 bits per heavy atom. The molecule has 0 fully saturated rings. The van der Waals surface area contributed by atoms with Gasteiger partial charge < -0.3 is 9.72 Å². The van der Waals surface area contributed by atoms with Crippen LogP contribution in [0.15, 0.2) is 30.5 Å². The van der Waals surface area contributed by atoms with Gasteiger partial charge in [0.1, 0.15) is 11.9 Å². The van der Waals surface area contributed by atoms with Crippen molar-refractivity contribution in [1.82, 2.24) is 15.0 Å². The van der Waals surface area contributed by atoms with Gasteiger partial charge in [-0.3, -0.25) is 5.32 Å². The van der Waals surface area contributed by atoms with E-state index in [-0.39, 0.29) is 0 Å². The number of hydrogen-bond acceptors (Lipinski definition) is 5. The highest BCUT2D eigenvalue weighted by atomic mass is 35.5.